The van der Waals surface area contributed by atoms with Gasteiger partial charge in [-0.1, -0.05) is 0 Å². The molecule has 114 valence electrons. The summed E-state index contributed by atoms with van der Waals surface area (Å²) in [5, 5.41) is 10.9. The van der Waals surface area contributed by atoms with E-state index in [1.807, 2.05) is 22.6 Å². The molecule has 21 heavy (non-hydrogen) atoms. The summed E-state index contributed by atoms with van der Waals surface area (Å²) in [4.78, 5) is 26.8. The molecule has 2 rings (SSSR count). The Bertz CT molecular complexity index is 564. The summed E-state index contributed by atoms with van der Waals surface area (Å²) in [6, 6.07) is 4.76. The van der Waals surface area contributed by atoms with Gasteiger partial charge in [-0.05, 0) is 55.1 Å². The second kappa shape index (κ2) is 6.69. The zero-order valence-corrected chi connectivity index (χ0v) is 14.2. The molecule has 0 bridgehead atoms. The molecular formula is C14H18IN3O3. The van der Waals surface area contributed by atoms with Crippen LogP contribution < -0.4 is 0 Å². The Kier molecular flexibility index (Phi) is 5.15. The predicted octanol–water partition coefficient (Wildman–Crippen LogP) is 2.37. The fourth-order valence-corrected chi connectivity index (χ4v) is 3.17. The van der Waals surface area contributed by atoms with Crippen molar-refractivity contribution in [1.82, 2.24) is 9.80 Å². The van der Waals surface area contributed by atoms with Gasteiger partial charge in [0.1, 0.15) is 0 Å². The highest BCUT2D eigenvalue weighted by molar-refractivity contribution is 14.1. The van der Waals surface area contributed by atoms with E-state index in [0.29, 0.717) is 18.2 Å². The van der Waals surface area contributed by atoms with Crippen LogP contribution in [0.1, 0.15) is 23.2 Å². The van der Waals surface area contributed by atoms with Gasteiger partial charge in [0.25, 0.3) is 11.6 Å². The lowest BCUT2D eigenvalue weighted by Gasteiger charge is -2.26. The highest BCUT2D eigenvalue weighted by Gasteiger charge is 2.25. The molecule has 0 aromatic heterocycles. The van der Waals surface area contributed by atoms with Gasteiger partial charge >= 0.3 is 0 Å². The van der Waals surface area contributed by atoms with Crippen LogP contribution in [0, 0.1) is 13.7 Å². The Balaban J connectivity index is 2.15. The molecule has 1 heterocycles. The van der Waals surface area contributed by atoms with Crippen molar-refractivity contribution < 1.29 is 9.72 Å². The fourth-order valence-electron chi connectivity index (χ4n) is 2.61. The largest absolute Gasteiger partial charge is 0.340 e. The van der Waals surface area contributed by atoms with E-state index >= 15 is 0 Å². The normalized spacial score (nSPS) is 18.7. The molecule has 6 nitrogen and oxygen atoms in total. The number of nitro benzene ring substituents is 1. The number of non-ortho nitro benzene ring substituents is 1. The van der Waals surface area contributed by atoms with Crippen molar-refractivity contribution in [3.8, 4) is 0 Å². The number of nitrogens with zero attached hydrogens (tertiary/aromatic N) is 3. The number of hydrogen-bond acceptors (Lipinski definition) is 4. The lowest BCUT2D eigenvalue weighted by Crippen LogP contribution is -2.39. The third-order valence-electron chi connectivity index (χ3n) is 3.89. The van der Waals surface area contributed by atoms with E-state index in [2.05, 4.69) is 11.9 Å². The summed E-state index contributed by atoms with van der Waals surface area (Å²) in [5.74, 6) is -0.164. The van der Waals surface area contributed by atoms with E-state index < -0.39 is 4.92 Å². The number of nitro groups is 1. The number of rotatable bonds is 4. The van der Waals surface area contributed by atoms with Crippen LogP contribution in [-0.4, -0.2) is 53.9 Å². The average Bonchev–Trinajstić information content (AvgIpc) is 2.83. The summed E-state index contributed by atoms with van der Waals surface area (Å²) in [6.45, 7) is 1.70. The minimum atomic E-state index is -0.475. The van der Waals surface area contributed by atoms with Gasteiger partial charge in [-0.2, -0.15) is 0 Å². The van der Waals surface area contributed by atoms with Crippen molar-refractivity contribution in [1.29, 1.82) is 0 Å². The van der Waals surface area contributed by atoms with Gasteiger partial charge in [-0.25, -0.2) is 0 Å². The van der Waals surface area contributed by atoms with Crippen molar-refractivity contribution in [3.63, 3.8) is 0 Å². The molecule has 1 amide bonds. The van der Waals surface area contributed by atoms with Gasteiger partial charge in [0.2, 0.25) is 0 Å². The van der Waals surface area contributed by atoms with Crippen molar-refractivity contribution in [2.24, 2.45) is 0 Å². The first kappa shape index (κ1) is 16.2. The van der Waals surface area contributed by atoms with Crippen LogP contribution in [0.2, 0.25) is 0 Å². The third kappa shape index (κ3) is 3.70. The highest BCUT2D eigenvalue weighted by Crippen LogP contribution is 2.22. The fraction of sp³-hybridized carbons (Fsp3) is 0.500. The molecule has 1 aromatic carbocycles. The Labute approximate surface area is 137 Å². The molecule has 7 heteroatoms. The number of carbonyl (C=O) groups is 1. The maximum atomic E-state index is 12.5. The van der Waals surface area contributed by atoms with Gasteiger partial charge in [0.05, 0.1) is 10.5 Å². The van der Waals surface area contributed by atoms with Crippen molar-refractivity contribution >= 4 is 34.2 Å². The summed E-state index contributed by atoms with van der Waals surface area (Å²) >= 11 is 2.04. The minimum Gasteiger partial charge on any atom is -0.340 e. The minimum absolute atomic E-state index is 0.0508. The van der Waals surface area contributed by atoms with Crippen LogP contribution in [0.25, 0.3) is 0 Å². The first-order valence-corrected chi connectivity index (χ1v) is 7.87. The zero-order valence-electron chi connectivity index (χ0n) is 12.1. The van der Waals surface area contributed by atoms with Crippen molar-refractivity contribution in [2.45, 2.75) is 18.9 Å². The van der Waals surface area contributed by atoms with Crippen LogP contribution in [0.4, 0.5) is 5.69 Å². The number of amides is 1. The molecule has 0 N–H and O–H groups in total. The summed E-state index contributed by atoms with van der Waals surface area (Å²) in [5.41, 5.74) is 0.345. The van der Waals surface area contributed by atoms with Gasteiger partial charge in [-0.15, -0.1) is 0 Å². The summed E-state index contributed by atoms with van der Waals surface area (Å²) < 4.78 is 0.731. The lowest BCUT2D eigenvalue weighted by atomic mass is 10.1. The maximum absolute atomic E-state index is 12.5. The van der Waals surface area contributed by atoms with E-state index in [4.69, 9.17) is 0 Å². The van der Waals surface area contributed by atoms with E-state index in [0.717, 1.165) is 23.0 Å². The second-order valence-corrected chi connectivity index (χ2v) is 6.55. The molecule has 0 spiro atoms. The average molecular weight is 403 g/mol. The number of hydrogen-bond donors (Lipinski definition) is 0. The van der Waals surface area contributed by atoms with Crippen LogP contribution in [0.5, 0.6) is 0 Å². The number of carbonyl (C=O) groups excluding carboxylic acids is 1. The summed E-state index contributed by atoms with van der Waals surface area (Å²) in [6.07, 6.45) is 2.23. The van der Waals surface area contributed by atoms with Crippen LogP contribution >= 0.6 is 22.6 Å². The second-order valence-electron chi connectivity index (χ2n) is 5.38. The van der Waals surface area contributed by atoms with Crippen LogP contribution in [-0.2, 0) is 0 Å². The lowest BCUT2D eigenvalue weighted by molar-refractivity contribution is -0.384. The standard InChI is InChI=1S/C14H18IN3O3/c1-16-7-3-4-11(16)9-17(2)14(19)12-8-10(18(20)21)5-6-13(12)15/h5-6,8,11H,3-4,7,9H2,1-2H3. The summed E-state index contributed by atoms with van der Waals surface area (Å²) in [7, 11) is 3.82. The molecular weight excluding hydrogens is 385 g/mol. The van der Waals surface area contributed by atoms with E-state index in [1.54, 1.807) is 18.0 Å². The number of benzene rings is 1. The smallest absolute Gasteiger partial charge is 0.270 e. The first-order chi connectivity index (χ1) is 9.90. The van der Waals surface area contributed by atoms with E-state index in [1.165, 1.54) is 12.1 Å². The van der Waals surface area contributed by atoms with Gasteiger partial charge in [0.15, 0.2) is 0 Å². The monoisotopic (exact) mass is 403 g/mol. The van der Waals surface area contributed by atoms with Crippen molar-refractivity contribution in [2.75, 3.05) is 27.2 Å². The first-order valence-electron chi connectivity index (χ1n) is 6.80. The Hall–Kier alpha value is -1.22. The Morgan fingerprint density at radius 3 is 2.86 bits per heavy atom. The molecule has 1 saturated heterocycles. The Morgan fingerprint density at radius 1 is 1.57 bits per heavy atom. The number of likely N-dealkylation sites (tertiary alicyclic amines) is 1. The quantitative estimate of drug-likeness (QED) is 0.440. The number of halogens is 1. The number of likely N-dealkylation sites (N-methyl/N-ethyl adjacent to an activating group) is 2. The molecule has 0 aliphatic carbocycles. The van der Waals surface area contributed by atoms with Crippen LogP contribution in [0.15, 0.2) is 18.2 Å². The predicted molar refractivity (Wildman–Crippen MR) is 88.4 cm³/mol. The van der Waals surface area contributed by atoms with Crippen molar-refractivity contribution in [3.05, 3.63) is 37.4 Å². The highest BCUT2D eigenvalue weighted by atomic mass is 127. The molecule has 0 saturated carbocycles. The molecule has 1 fully saturated rings. The van der Waals surface area contributed by atoms with Gasteiger partial charge in [0, 0.05) is 35.3 Å². The molecule has 1 aromatic rings. The zero-order chi connectivity index (χ0) is 15.6. The Morgan fingerprint density at radius 2 is 2.29 bits per heavy atom. The van der Waals surface area contributed by atoms with Gasteiger partial charge < -0.3 is 9.80 Å². The van der Waals surface area contributed by atoms with E-state index in [-0.39, 0.29) is 11.6 Å². The van der Waals surface area contributed by atoms with Crippen LogP contribution in [0.3, 0.4) is 0 Å². The van der Waals surface area contributed by atoms with E-state index in [9.17, 15) is 14.9 Å². The molecule has 1 atom stereocenters. The SMILES string of the molecule is CN(CC1CCCN1C)C(=O)c1cc([N+](=O)[O-])ccc1I. The molecule has 1 aliphatic heterocycles. The molecule has 1 aliphatic rings. The molecule has 0 radical (unpaired) electrons. The maximum Gasteiger partial charge on any atom is 0.270 e. The topological polar surface area (TPSA) is 66.7 Å². The third-order valence-corrected chi connectivity index (χ3v) is 4.83. The molecule has 1 unspecified atom stereocenters. The van der Waals surface area contributed by atoms with Gasteiger partial charge in [-0.3, -0.25) is 14.9 Å².